The number of hydrogen-bond donors (Lipinski definition) is 0. The van der Waals surface area contributed by atoms with Crippen molar-refractivity contribution in [2.24, 2.45) is 0 Å². The molecule has 0 bridgehead atoms. The van der Waals surface area contributed by atoms with Crippen LogP contribution in [0.25, 0.3) is 0 Å². The summed E-state index contributed by atoms with van der Waals surface area (Å²) in [5.74, 6) is -0.678. The molecule has 0 aromatic heterocycles. The van der Waals surface area contributed by atoms with Gasteiger partial charge < -0.3 is 4.74 Å². The van der Waals surface area contributed by atoms with Gasteiger partial charge in [0, 0.05) is 22.8 Å². The molecule has 0 radical (unpaired) electrons. The van der Waals surface area contributed by atoms with Gasteiger partial charge in [0.05, 0.1) is 12.4 Å². The highest BCUT2D eigenvalue weighted by Crippen LogP contribution is 2.09. The second-order valence-corrected chi connectivity index (χ2v) is 7.74. The van der Waals surface area contributed by atoms with Gasteiger partial charge in [0.25, 0.3) is 0 Å². The van der Waals surface area contributed by atoms with Gasteiger partial charge >= 0.3 is 5.97 Å². The summed E-state index contributed by atoms with van der Waals surface area (Å²) in [6.45, 7) is 3.79. The quantitative estimate of drug-likeness (QED) is 0.607. The van der Waals surface area contributed by atoms with Crippen LogP contribution in [0.1, 0.15) is 26.7 Å². The first-order valence-corrected chi connectivity index (χ1v) is 8.97. The molecule has 0 aliphatic heterocycles. The van der Waals surface area contributed by atoms with E-state index in [0.29, 0.717) is 12.8 Å². The number of rotatable bonds is 8. The molecule has 0 aliphatic carbocycles. The van der Waals surface area contributed by atoms with Gasteiger partial charge in [0.1, 0.15) is 15.1 Å². The monoisotopic (exact) mass is 284 g/mol. The van der Waals surface area contributed by atoms with Gasteiger partial charge in [0.15, 0.2) is 0 Å². The number of carbonyl (C=O) groups excluding carboxylic acids is 1. The number of ether oxygens (including phenoxy) is 1. The average molecular weight is 284 g/mol. The van der Waals surface area contributed by atoms with E-state index in [4.69, 9.17) is 4.74 Å². The van der Waals surface area contributed by atoms with E-state index in [0.717, 1.165) is 6.26 Å². The van der Waals surface area contributed by atoms with Crippen molar-refractivity contribution >= 4 is 26.6 Å². The third kappa shape index (κ3) is 7.49. The zero-order valence-electron chi connectivity index (χ0n) is 10.5. The van der Waals surface area contributed by atoms with E-state index in [-0.39, 0.29) is 18.1 Å². The molecule has 102 valence electrons. The summed E-state index contributed by atoms with van der Waals surface area (Å²) in [6, 6.07) is 0. The molecule has 5 nitrogen and oxygen atoms in total. The average Bonchev–Trinajstić information content (AvgIpc) is 2.21. The van der Waals surface area contributed by atoms with Crippen LogP contribution in [0.4, 0.5) is 0 Å². The third-order valence-electron chi connectivity index (χ3n) is 2.07. The number of esters is 1. The SMILES string of the molecule is CCCC(C(=O)OCC)S(=O)CCS(C)(=O)=O. The van der Waals surface area contributed by atoms with Gasteiger partial charge in [-0.1, -0.05) is 13.3 Å². The summed E-state index contributed by atoms with van der Waals surface area (Å²) < 4.78 is 38.6. The predicted octanol–water partition coefficient (Wildman–Crippen LogP) is 0.512. The maximum Gasteiger partial charge on any atom is 0.321 e. The second-order valence-electron chi connectivity index (χ2n) is 3.74. The number of sulfone groups is 1. The number of hydrogen-bond acceptors (Lipinski definition) is 5. The Labute approximate surface area is 105 Å². The van der Waals surface area contributed by atoms with Crippen LogP contribution in [0.2, 0.25) is 0 Å². The normalized spacial score (nSPS) is 15.2. The van der Waals surface area contributed by atoms with Crippen molar-refractivity contribution in [2.75, 3.05) is 24.4 Å². The Morgan fingerprint density at radius 2 is 1.94 bits per heavy atom. The first kappa shape index (κ1) is 16.6. The Morgan fingerprint density at radius 3 is 2.35 bits per heavy atom. The Morgan fingerprint density at radius 1 is 1.35 bits per heavy atom. The lowest BCUT2D eigenvalue weighted by atomic mass is 10.2. The molecular weight excluding hydrogens is 264 g/mol. The largest absolute Gasteiger partial charge is 0.465 e. The minimum atomic E-state index is -3.15. The molecule has 0 amide bonds. The van der Waals surface area contributed by atoms with Crippen LogP contribution in [0.3, 0.4) is 0 Å². The van der Waals surface area contributed by atoms with Crippen molar-refractivity contribution in [3.05, 3.63) is 0 Å². The van der Waals surface area contributed by atoms with Crippen molar-refractivity contribution in [3.63, 3.8) is 0 Å². The van der Waals surface area contributed by atoms with Crippen molar-refractivity contribution < 1.29 is 22.2 Å². The van der Waals surface area contributed by atoms with E-state index in [2.05, 4.69) is 0 Å². The lowest BCUT2D eigenvalue weighted by molar-refractivity contribution is -0.142. The first-order chi connectivity index (χ1) is 7.81. The zero-order chi connectivity index (χ0) is 13.5. The van der Waals surface area contributed by atoms with Crippen LogP contribution in [0.5, 0.6) is 0 Å². The zero-order valence-corrected chi connectivity index (χ0v) is 12.1. The standard InChI is InChI=1S/C10H20O5S2/c1-4-6-9(10(11)15-5-2)16(12)7-8-17(3,13)14/h9H,4-8H2,1-3H3. The fraction of sp³-hybridized carbons (Fsp3) is 0.900. The minimum absolute atomic E-state index is 0.0116. The lowest BCUT2D eigenvalue weighted by Gasteiger charge is -2.13. The molecule has 17 heavy (non-hydrogen) atoms. The third-order valence-corrected chi connectivity index (χ3v) is 4.95. The van der Waals surface area contributed by atoms with E-state index in [1.54, 1.807) is 6.92 Å². The Hall–Kier alpha value is -0.430. The van der Waals surface area contributed by atoms with E-state index >= 15 is 0 Å². The Balaban J connectivity index is 4.49. The van der Waals surface area contributed by atoms with Gasteiger partial charge in [0.2, 0.25) is 0 Å². The summed E-state index contributed by atoms with van der Waals surface area (Å²) >= 11 is 0. The van der Waals surface area contributed by atoms with Crippen molar-refractivity contribution in [3.8, 4) is 0 Å². The molecular formula is C10H20O5S2. The van der Waals surface area contributed by atoms with E-state index in [1.165, 1.54) is 0 Å². The molecule has 0 saturated carbocycles. The van der Waals surface area contributed by atoms with Gasteiger partial charge in [-0.05, 0) is 13.3 Å². The molecule has 0 spiro atoms. The highest BCUT2D eigenvalue weighted by atomic mass is 32.2. The van der Waals surface area contributed by atoms with Crippen LogP contribution in [0, 0.1) is 0 Å². The van der Waals surface area contributed by atoms with Gasteiger partial charge in [-0.25, -0.2) is 8.42 Å². The molecule has 0 N–H and O–H groups in total. The minimum Gasteiger partial charge on any atom is -0.465 e. The van der Waals surface area contributed by atoms with Crippen LogP contribution in [0.15, 0.2) is 0 Å². The summed E-state index contributed by atoms with van der Waals surface area (Å²) in [6.07, 6.45) is 2.24. The van der Waals surface area contributed by atoms with E-state index < -0.39 is 31.9 Å². The summed E-state index contributed by atoms with van der Waals surface area (Å²) in [5.41, 5.74) is 0. The van der Waals surface area contributed by atoms with E-state index in [1.807, 2.05) is 6.92 Å². The number of carbonyl (C=O) groups is 1. The maximum atomic E-state index is 11.8. The molecule has 0 saturated heterocycles. The smallest absolute Gasteiger partial charge is 0.321 e. The molecule has 0 aromatic carbocycles. The highest BCUT2D eigenvalue weighted by Gasteiger charge is 2.26. The summed E-state index contributed by atoms with van der Waals surface area (Å²) in [7, 11) is -4.64. The van der Waals surface area contributed by atoms with Gasteiger partial charge in [-0.3, -0.25) is 9.00 Å². The van der Waals surface area contributed by atoms with Gasteiger partial charge in [-0.2, -0.15) is 0 Å². The van der Waals surface area contributed by atoms with Crippen LogP contribution in [-0.2, 0) is 30.2 Å². The molecule has 0 aliphatic rings. The summed E-state index contributed by atoms with van der Waals surface area (Å²) in [4.78, 5) is 11.5. The lowest BCUT2D eigenvalue weighted by Crippen LogP contribution is -2.31. The van der Waals surface area contributed by atoms with Crippen LogP contribution >= 0.6 is 0 Å². The first-order valence-electron chi connectivity index (χ1n) is 5.53. The molecule has 2 atom stereocenters. The van der Waals surface area contributed by atoms with Crippen LogP contribution < -0.4 is 0 Å². The molecule has 0 aromatic rings. The predicted molar refractivity (Wildman–Crippen MR) is 68.0 cm³/mol. The van der Waals surface area contributed by atoms with Crippen molar-refractivity contribution in [2.45, 2.75) is 31.9 Å². The highest BCUT2D eigenvalue weighted by molar-refractivity contribution is 7.92. The van der Waals surface area contributed by atoms with Gasteiger partial charge in [-0.15, -0.1) is 0 Å². The molecule has 7 heteroatoms. The second kappa shape index (κ2) is 7.81. The van der Waals surface area contributed by atoms with Crippen molar-refractivity contribution in [1.82, 2.24) is 0 Å². The molecule has 0 fully saturated rings. The Kier molecular flexibility index (Phi) is 7.61. The molecule has 0 rings (SSSR count). The van der Waals surface area contributed by atoms with E-state index in [9.17, 15) is 17.4 Å². The van der Waals surface area contributed by atoms with Crippen molar-refractivity contribution in [1.29, 1.82) is 0 Å². The summed E-state index contributed by atoms with van der Waals surface area (Å²) in [5, 5.41) is -0.707. The maximum absolute atomic E-state index is 11.8. The molecule has 0 heterocycles. The fourth-order valence-corrected chi connectivity index (χ4v) is 4.16. The Bertz CT molecular complexity index is 361. The fourth-order valence-electron chi connectivity index (χ4n) is 1.23. The topological polar surface area (TPSA) is 77.5 Å². The molecule has 2 unspecified atom stereocenters. The van der Waals surface area contributed by atoms with Crippen LogP contribution in [-0.4, -0.2) is 48.2 Å².